The number of allylic oxidation sites excluding steroid dienone is 8. The van der Waals surface area contributed by atoms with Gasteiger partial charge in [0, 0.05) is 85.9 Å². The van der Waals surface area contributed by atoms with Crippen LogP contribution in [0.2, 0.25) is 0 Å². The van der Waals surface area contributed by atoms with Gasteiger partial charge in [0.25, 0.3) is 52.3 Å². The number of anilines is 1. The maximum atomic E-state index is 12.8. The van der Waals surface area contributed by atoms with Crippen molar-refractivity contribution in [3.63, 3.8) is 0 Å². The van der Waals surface area contributed by atoms with Gasteiger partial charge >= 0.3 is 0 Å². The summed E-state index contributed by atoms with van der Waals surface area (Å²) >= 11 is 0. The number of benzene rings is 2. The lowest BCUT2D eigenvalue weighted by atomic mass is 9.81. The van der Waals surface area contributed by atoms with Crippen LogP contribution in [-0.2, 0) is 79.9 Å². The van der Waals surface area contributed by atoms with Crippen molar-refractivity contribution in [2.24, 2.45) is 0 Å². The minimum absolute atomic E-state index is 0.156. The molecule has 22 nitrogen and oxygen atoms in total. The normalized spacial score (nSPS) is 17.3. The molecule has 0 aliphatic carbocycles. The zero-order valence-corrected chi connectivity index (χ0v) is 46.1. The van der Waals surface area contributed by atoms with Crippen molar-refractivity contribution in [3.8, 4) is 0 Å². The predicted octanol–water partition coefficient (Wildman–Crippen LogP) is 4.48. The molecule has 3 heterocycles. The van der Waals surface area contributed by atoms with Gasteiger partial charge in [0.1, 0.15) is 5.75 Å². The molecule has 3 aliphatic rings. The van der Waals surface area contributed by atoms with E-state index in [9.17, 15) is 66.3 Å². The van der Waals surface area contributed by atoms with Gasteiger partial charge in [-0.25, -0.2) is 0 Å². The van der Waals surface area contributed by atoms with Gasteiger partial charge in [0.05, 0.1) is 47.4 Å². The van der Waals surface area contributed by atoms with Crippen LogP contribution in [0.3, 0.4) is 0 Å². The van der Waals surface area contributed by atoms with E-state index in [1.54, 1.807) is 73.6 Å². The average Bonchev–Trinajstić information content (AvgIpc) is 3.84. The van der Waals surface area contributed by atoms with Crippen LogP contribution in [0.15, 0.2) is 106 Å². The summed E-state index contributed by atoms with van der Waals surface area (Å²) in [5.41, 5.74) is 1.85. The van der Waals surface area contributed by atoms with Crippen LogP contribution in [0, 0.1) is 0 Å². The first-order valence-electron chi connectivity index (χ1n) is 24.4. The Kier molecular flexibility index (Phi) is 21.4. The topological polar surface area (TPSA) is 318 Å². The molecular weight excluding hydrogens is 1070 g/mol. The summed E-state index contributed by atoms with van der Waals surface area (Å²) in [4.78, 5) is 38.0. The Morgan fingerprint density at radius 1 is 0.658 bits per heavy atom. The number of hydrogen-bond donors (Lipinski definition) is 5. The zero-order chi connectivity index (χ0) is 56.1. The lowest BCUT2D eigenvalue weighted by Gasteiger charge is -2.26. The number of nitrogens with one attached hydrogen (secondary N) is 1. The van der Waals surface area contributed by atoms with Crippen LogP contribution in [0.1, 0.15) is 77.3 Å². The first-order valence-corrected chi connectivity index (χ1v) is 30.5. The molecule has 2 aromatic carbocycles. The average molecular weight is 1140 g/mol. The molecule has 5 N–H and O–H groups in total. The van der Waals surface area contributed by atoms with Gasteiger partial charge < -0.3 is 24.4 Å². The minimum atomic E-state index is -4.59. The van der Waals surface area contributed by atoms with Gasteiger partial charge in [-0.1, -0.05) is 38.2 Å². The maximum absolute atomic E-state index is 12.8. The van der Waals surface area contributed by atoms with E-state index in [4.69, 9.17) is 14.2 Å². The van der Waals surface area contributed by atoms with E-state index < -0.39 is 62.8 Å². The summed E-state index contributed by atoms with van der Waals surface area (Å²) in [5, 5.41) is 2.89. The Bertz CT molecular complexity index is 3120. The molecule has 0 spiro atoms. The number of rotatable bonds is 31. The summed E-state index contributed by atoms with van der Waals surface area (Å²) < 4.78 is 153. The van der Waals surface area contributed by atoms with E-state index in [0.717, 1.165) is 10.5 Å². The number of amides is 3. The van der Waals surface area contributed by atoms with Gasteiger partial charge in [-0.05, 0) is 93.5 Å². The van der Waals surface area contributed by atoms with Gasteiger partial charge in [-0.3, -0.25) is 37.5 Å². The molecule has 5 rings (SSSR count). The number of fused-ring (bicyclic) bond motifs is 2. The van der Waals surface area contributed by atoms with Crippen molar-refractivity contribution in [2.75, 3.05) is 82.2 Å². The summed E-state index contributed by atoms with van der Waals surface area (Å²) in [5.74, 6) is -2.10. The molecule has 76 heavy (non-hydrogen) atoms. The number of ether oxygens (including phenoxy) is 3. The molecule has 418 valence electrons. The quantitative estimate of drug-likeness (QED) is 0.0228. The Balaban J connectivity index is 1.24. The van der Waals surface area contributed by atoms with E-state index >= 15 is 0 Å². The number of unbranched alkanes of at least 4 members (excludes halogenated alkanes) is 1. The largest absolute Gasteiger partial charge is 0.379 e. The number of carbonyl (C=O) groups excluding carboxylic acids is 3. The number of carbonyl (C=O) groups is 3. The van der Waals surface area contributed by atoms with Crippen LogP contribution >= 0.6 is 0 Å². The lowest BCUT2D eigenvalue weighted by molar-refractivity contribution is -0.432. The fraction of sp³-hybridized carbons (Fsp3) is 0.480. The molecule has 3 aliphatic heterocycles. The summed E-state index contributed by atoms with van der Waals surface area (Å²) in [7, 11) is -18.0. The van der Waals surface area contributed by atoms with Crippen LogP contribution < -0.4 is 10.2 Å². The van der Waals surface area contributed by atoms with E-state index in [2.05, 4.69) is 5.32 Å². The summed E-state index contributed by atoms with van der Waals surface area (Å²) in [6.07, 6.45) is 15.7. The first kappa shape index (κ1) is 61.6. The van der Waals surface area contributed by atoms with Crippen molar-refractivity contribution in [3.05, 3.63) is 107 Å². The second kappa shape index (κ2) is 26.4. The van der Waals surface area contributed by atoms with Gasteiger partial charge in [-0.15, -0.1) is 0 Å². The second-order valence-electron chi connectivity index (χ2n) is 19.1. The number of hydrogen-bond acceptors (Lipinski definition) is 15. The summed E-state index contributed by atoms with van der Waals surface area (Å²) in [6.45, 7) is 9.63. The first-order chi connectivity index (χ1) is 35.5. The fourth-order valence-electron chi connectivity index (χ4n) is 8.90. The van der Waals surface area contributed by atoms with Gasteiger partial charge in [-0.2, -0.15) is 38.2 Å². The number of nitrogens with zero attached hydrogens (tertiary/aromatic N) is 3. The Hall–Kier alpha value is -5.26. The standard InChI is InChI=1S/C50H66N4O18S4/c1-49(2)40-35-38(75(64,65)66)17-19-42(40)52(25-33-73(58,59)60)44(49)14-7-12-37(13-8-15-45-50(3,4)41-36-39(76(67,68)69)18-20-43(41)53(45)26-34-74(61,62)63)11-5-6-16-46(55)51-23-9-27-70-29-31-72-32-30-71-28-10-24-54-47(56)21-22-48(54)57/h7-8,12-15,17-22,35-36H,5-6,9-11,16,23-34H2,1-4H3,(H4-,51,55,58,59,60,61,62,63,64,65,66,67,68,69)/p+1. The molecule has 3 amide bonds. The molecule has 0 aromatic heterocycles. The SMILES string of the molecule is CC1(C)C(/C=C/C=C(/C=C/C=C2/N(CCS(=O)(=O)O)c3ccc(S(=O)(=O)O)cc3C2(C)C)CCCCC(=O)NCCCOCCOCCOCCCN2C(=O)C=CC2=O)=[N+](CCS(=O)(=O)O)c2ccc(S(=O)(=O)O)cc21. The molecule has 2 aromatic rings. The highest BCUT2D eigenvalue weighted by molar-refractivity contribution is 7.86. The fourth-order valence-corrected chi connectivity index (χ4v) is 10.7. The van der Waals surface area contributed by atoms with Crippen LogP contribution in [0.25, 0.3) is 0 Å². The van der Waals surface area contributed by atoms with Crippen LogP contribution in [0.4, 0.5) is 11.4 Å². The van der Waals surface area contributed by atoms with Crippen molar-refractivity contribution in [1.82, 2.24) is 10.2 Å². The van der Waals surface area contributed by atoms with Crippen LogP contribution in [0.5, 0.6) is 0 Å². The monoisotopic (exact) mass is 1140 g/mol. The molecule has 0 saturated carbocycles. The molecule has 0 bridgehead atoms. The van der Waals surface area contributed by atoms with Gasteiger partial charge in [0.15, 0.2) is 12.3 Å². The molecule has 26 heteroatoms. The van der Waals surface area contributed by atoms with Gasteiger partial charge in [0.2, 0.25) is 11.6 Å². The Labute approximate surface area is 444 Å². The lowest BCUT2D eigenvalue weighted by Crippen LogP contribution is -2.31. The highest BCUT2D eigenvalue weighted by Crippen LogP contribution is 2.48. The van der Waals surface area contributed by atoms with E-state index in [0.29, 0.717) is 112 Å². The number of imide groups is 1. The molecule has 0 fully saturated rings. The smallest absolute Gasteiger partial charge is 0.294 e. The molecule has 0 unspecified atom stereocenters. The third kappa shape index (κ3) is 17.6. The van der Waals surface area contributed by atoms with E-state index in [1.807, 2.05) is 0 Å². The van der Waals surface area contributed by atoms with Crippen molar-refractivity contribution >= 4 is 75.3 Å². The third-order valence-corrected chi connectivity index (χ3v) is 15.9. The van der Waals surface area contributed by atoms with Crippen LogP contribution in [-0.4, -0.2) is 162 Å². The predicted molar refractivity (Wildman–Crippen MR) is 282 cm³/mol. The minimum Gasteiger partial charge on any atom is -0.379 e. The second-order valence-corrected chi connectivity index (χ2v) is 25.1. The van der Waals surface area contributed by atoms with Crippen molar-refractivity contribution in [2.45, 2.75) is 86.8 Å². The zero-order valence-electron chi connectivity index (χ0n) is 42.8. The van der Waals surface area contributed by atoms with Crippen molar-refractivity contribution in [1.29, 1.82) is 0 Å². The molecule has 0 atom stereocenters. The Morgan fingerprint density at radius 2 is 1.22 bits per heavy atom. The van der Waals surface area contributed by atoms with Crippen molar-refractivity contribution < 1.29 is 85.1 Å². The van der Waals surface area contributed by atoms with E-state index in [1.165, 1.54) is 48.6 Å². The molecule has 0 saturated heterocycles. The third-order valence-electron chi connectivity index (χ3n) is 12.8. The summed E-state index contributed by atoms with van der Waals surface area (Å²) in [6, 6.07) is 7.92. The highest BCUT2D eigenvalue weighted by Gasteiger charge is 2.45. The Morgan fingerprint density at radius 3 is 1.83 bits per heavy atom. The molecular formula is C50H67N4O18S4+. The van der Waals surface area contributed by atoms with E-state index in [-0.39, 0.29) is 53.6 Å². The maximum Gasteiger partial charge on any atom is 0.294 e. The highest BCUT2D eigenvalue weighted by atomic mass is 32.2. The molecule has 0 radical (unpaired) electrons.